The fraction of sp³-hybridized carbons (Fsp3) is 0.947. The summed E-state index contributed by atoms with van der Waals surface area (Å²) in [4.78, 5) is 19.2. The zero-order valence-electron chi connectivity index (χ0n) is 15.8. The first kappa shape index (κ1) is 18.7. The Morgan fingerprint density at radius 2 is 1.78 bits per heavy atom. The lowest BCUT2D eigenvalue weighted by Crippen LogP contribution is -2.55. The van der Waals surface area contributed by atoms with E-state index in [2.05, 4.69) is 35.5 Å². The minimum Gasteiger partial charge on any atom is -0.343 e. The molecule has 0 radical (unpaired) electrons. The molecule has 134 valence electrons. The highest BCUT2D eigenvalue weighted by atomic mass is 16.2. The highest BCUT2D eigenvalue weighted by Gasteiger charge is 2.29. The van der Waals surface area contributed by atoms with Gasteiger partial charge in [0.05, 0.1) is 0 Å². The van der Waals surface area contributed by atoms with Gasteiger partial charge in [0.25, 0.3) is 0 Å². The molecule has 0 aromatic rings. The molecule has 23 heavy (non-hydrogen) atoms. The molecule has 0 saturated carbocycles. The molecule has 2 aliphatic rings. The van der Waals surface area contributed by atoms with Gasteiger partial charge in [-0.1, -0.05) is 27.7 Å². The maximum absolute atomic E-state index is 11.8. The molecule has 0 aromatic carbocycles. The molecule has 0 aromatic heterocycles. The smallest absolute Gasteiger partial charge is 0.222 e. The molecule has 1 unspecified atom stereocenters. The third-order valence-electron chi connectivity index (χ3n) is 5.55. The van der Waals surface area contributed by atoms with Gasteiger partial charge in [0, 0.05) is 58.3 Å². The van der Waals surface area contributed by atoms with Crippen molar-refractivity contribution < 1.29 is 4.79 Å². The van der Waals surface area contributed by atoms with E-state index in [9.17, 15) is 4.79 Å². The molecule has 0 spiro atoms. The van der Waals surface area contributed by atoms with Crippen LogP contribution in [0.25, 0.3) is 0 Å². The summed E-state index contributed by atoms with van der Waals surface area (Å²) in [6, 6.07) is 0.720. The predicted octanol–water partition coefficient (Wildman–Crippen LogP) is 2.69. The van der Waals surface area contributed by atoms with E-state index < -0.39 is 0 Å². The monoisotopic (exact) mass is 323 g/mol. The van der Waals surface area contributed by atoms with Gasteiger partial charge in [0.2, 0.25) is 5.91 Å². The Morgan fingerprint density at radius 1 is 1.09 bits per heavy atom. The van der Waals surface area contributed by atoms with E-state index in [1.54, 1.807) is 0 Å². The average Bonchev–Trinajstić information content (AvgIpc) is 2.55. The van der Waals surface area contributed by atoms with Crippen molar-refractivity contribution >= 4 is 5.91 Å². The highest BCUT2D eigenvalue weighted by Crippen LogP contribution is 2.22. The molecule has 2 rings (SSSR count). The van der Waals surface area contributed by atoms with Crippen LogP contribution >= 0.6 is 0 Å². The van der Waals surface area contributed by atoms with E-state index in [1.165, 1.54) is 52.0 Å². The zero-order chi connectivity index (χ0) is 16.8. The van der Waals surface area contributed by atoms with Crippen molar-refractivity contribution in [2.75, 3.05) is 45.8 Å². The molecular weight excluding hydrogens is 286 g/mol. The summed E-state index contributed by atoms with van der Waals surface area (Å²) in [7, 11) is 0. The first-order valence-electron chi connectivity index (χ1n) is 9.77. The van der Waals surface area contributed by atoms with E-state index in [4.69, 9.17) is 0 Å². The van der Waals surface area contributed by atoms with Gasteiger partial charge in [0.15, 0.2) is 0 Å². The van der Waals surface area contributed by atoms with Crippen LogP contribution in [0.4, 0.5) is 0 Å². The largest absolute Gasteiger partial charge is 0.343 e. The molecule has 0 bridgehead atoms. The maximum Gasteiger partial charge on any atom is 0.222 e. The third-order valence-corrected chi connectivity index (χ3v) is 5.55. The molecule has 4 nitrogen and oxygen atoms in total. The Balaban J connectivity index is 1.78. The molecular formula is C19H37N3O. The van der Waals surface area contributed by atoms with Crippen molar-refractivity contribution in [3.63, 3.8) is 0 Å². The standard InChI is InChI=1S/C19H37N3O/c1-5-18-15-20(13-16(3)4)11-12-22(18)14-17-7-9-21(10-8-17)19(23)6-2/h16-18H,5-15H2,1-4H3. The molecule has 1 amide bonds. The summed E-state index contributed by atoms with van der Waals surface area (Å²) in [5.41, 5.74) is 0. The lowest BCUT2D eigenvalue weighted by atomic mass is 9.94. The number of hydrogen-bond acceptors (Lipinski definition) is 3. The van der Waals surface area contributed by atoms with Crippen molar-refractivity contribution in [3.8, 4) is 0 Å². The van der Waals surface area contributed by atoms with E-state index >= 15 is 0 Å². The quantitative estimate of drug-likeness (QED) is 0.752. The Hall–Kier alpha value is -0.610. The van der Waals surface area contributed by atoms with Gasteiger partial charge in [-0.2, -0.15) is 0 Å². The van der Waals surface area contributed by atoms with Gasteiger partial charge in [-0.15, -0.1) is 0 Å². The van der Waals surface area contributed by atoms with Crippen LogP contribution in [0.2, 0.25) is 0 Å². The number of carbonyl (C=O) groups excluding carboxylic acids is 1. The Bertz CT molecular complexity index is 364. The summed E-state index contributed by atoms with van der Waals surface area (Å²) in [5.74, 6) is 1.87. The Morgan fingerprint density at radius 3 is 2.35 bits per heavy atom. The lowest BCUT2D eigenvalue weighted by Gasteiger charge is -2.44. The number of rotatable bonds is 6. The molecule has 2 fully saturated rings. The van der Waals surface area contributed by atoms with Crippen LogP contribution in [-0.4, -0.2) is 72.5 Å². The molecule has 2 saturated heterocycles. The second kappa shape index (κ2) is 9.03. The molecule has 2 heterocycles. The Kier molecular flexibility index (Phi) is 7.35. The van der Waals surface area contributed by atoms with Crippen LogP contribution in [0.3, 0.4) is 0 Å². The minimum atomic E-state index is 0.331. The van der Waals surface area contributed by atoms with Gasteiger partial charge in [-0.3, -0.25) is 9.69 Å². The fourth-order valence-electron chi connectivity index (χ4n) is 4.19. The summed E-state index contributed by atoms with van der Waals surface area (Å²) in [6.45, 7) is 17.0. The molecule has 0 aliphatic carbocycles. The first-order chi connectivity index (χ1) is 11.0. The van der Waals surface area contributed by atoms with E-state index in [0.717, 1.165) is 31.0 Å². The molecule has 0 N–H and O–H groups in total. The van der Waals surface area contributed by atoms with Crippen molar-refractivity contribution in [2.24, 2.45) is 11.8 Å². The number of carbonyl (C=O) groups is 1. The summed E-state index contributed by atoms with van der Waals surface area (Å²) < 4.78 is 0. The minimum absolute atomic E-state index is 0.331. The number of piperazine rings is 1. The zero-order valence-corrected chi connectivity index (χ0v) is 15.8. The van der Waals surface area contributed by atoms with Crippen molar-refractivity contribution in [1.82, 2.24) is 14.7 Å². The van der Waals surface area contributed by atoms with Crippen LogP contribution in [0.15, 0.2) is 0 Å². The van der Waals surface area contributed by atoms with Crippen LogP contribution in [0.5, 0.6) is 0 Å². The number of amides is 1. The predicted molar refractivity (Wildman–Crippen MR) is 96.5 cm³/mol. The van der Waals surface area contributed by atoms with Gasteiger partial charge in [0.1, 0.15) is 0 Å². The van der Waals surface area contributed by atoms with E-state index in [0.29, 0.717) is 12.3 Å². The summed E-state index contributed by atoms with van der Waals surface area (Å²) >= 11 is 0. The van der Waals surface area contributed by atoms with Gasteiger partial charge in [-0.05, 0) is 31.1 Å². The van der Waals surface area contributed by atoms with Gasteiger partial charge in [-0.25, -0.2) is 0 Å². The highest BCUT2D eigenvalue weighted by molar-refractivity contribution is 5.75. The summed E-state index contributed by atoms with van der Waals surface area (Å²) in [5, 5.41) is 0. The van der Waals surface area contributed by atoms with E-state index in [1.807, 2.05) is 6.92 Å². The van der Waals surface area contributed by atoms with Gasteiger partial charge < -0.3 is 9.80 Å². The number of nitrogens with zero attached hydrogens (tertiary/aromatic N) is 3. The van der Waals surface area contributed by atoms with Crippen LogP contribution in [0.1, 0.15) is 53.4 Å². The third kappa shape index (κ3) is 5.46. The molecule has 2 aliphatic heterocycles. The van der Waals surface area contributed by atoms with Crippen molar-refractivity contribution in [2.45, 2.75) is 59.4 Å². The van der Waals surface area contributed by atoms with Crippen LogP contribution in [0, 0.1) is 11.8 Å². The Labute approximate surface area is 143 Å². The summed E-state index contributed by atoms with van der Waals surface area (Å²) in [6.07, 6.45) is 4.28. The number of likely N-dealkylation sites (tertiary alicyclic amines) is 1. The molecule has 4 heteroatoms. The van der Waals surface area contributed by atoms with Crippen molar-refractivity contribution in [1.29, 1.82) is 0 Å². The first-order valence-corrected chi connectivity index (χ1v) is 9.77. The second-order valence-corrected chi connectivity index (χ2v) is 7.89. The number of piperidine rings is 1. The van der Waals surface area contributed by atoms with Crippen LogP contribution < -0.4 is 0 Å². The maximum atomic E-state index is 11.8. The van der Waals surface area contributed by atoms with Crippen molar-refractivity contribution in [3.05, 3.63) is 0 Å². The fourth-order valence-corrected chi connectivity index (χ4v) is 4.19. The second-order valence-electron chi connectivity index (χ2n) is 7.89. The van der Waals surface area contributed by atoms with Crippen LogP contribution in [-0.2, 0) is 4.79 Å². The SMILES string of the molecule is CCC(=O)N1CCC(CN2CCN(CC(C)C)CC2CC)CC1. The normalized spacial score (nSPS) is 25.3. The number of hydrogen-bond donors (Lipinski definition) is 0. The van der Waals surface area contributed by atoms with E-state index in [-0.39, 0.29) is 0 Å². The lowest BCUT2D eigenvalue weighted by molar-refractivity contribution is -0.132. The topological polar surface area (TPSA) is 26.8 Å². The van der Waals surface area contributed by atoms with Gasteiger partial charge >= 0.3 is 0 Å². The molecule has 1 atom stereocenters. The average molecular weight is 324 g/mol.